The average Bonchev–Trinajstić information content (AvgIpc) is 2.89. The first kappa shape index (κ1) is 12.4. The molecule has 2 rings (SSSR count). The highest BCUT2D eigenvalue weighted by Gasteiger charge is 2.13. The number of aromatic nitrogens is 1. The summed E-state index contributed by atoms with van der Waals surface area (Å²) >= 11 is 5.89. The van der Waals surface area contributed by atoms with E-state index >= 15 is 0 Å². The predicted molar refractivity (Wildman–Crippen MR) is 66.9 cm³/mol. The quantitative estimate of drug-likeness (QED) is 0.577. The van der Waals surface area contributed by atoms with Gasteiger partial charge in [0.15, 0.2) is 0 Å². The minimum Gasteiger partial charge on any atom is -0.467 e. The average molecular weight is 267 g/mol. The van der Waals surface area contributed by atoms with Gasteiger partial charge in [0, 0.05) is 0 Å². The van der Waals surface area contributed by atoms with Gasteiger partial charge in [-0.1, -0.05) is 11.6 Å². The first-order chi connectivity index (χ1) is 8.70. The summed E-state index contributed by atoms with van der Waals surface area (Å²) in [6.07, 6.45) is 1.53. The van der Waals surface area contributed by atoms with Crippen LogP contribution in [0.4, 0.5) is 5.82 Å². The number of amides is 1. The third kappa shape index (κ3) is 2.79. The van der Waals surface area contributed by atoms with E-state index in [1.54, 1.807) is 24.3 Å². The van der Waals surface area contributed by atoms with Crippen LogP contribution in [0.2, 0.25) is 5.02 Å². The summed E-state index contributed by atoms with van der Waals surface area (Å²) in [5.41, 5.74) is 2.46. The molecule has 4 N–H and O–H groups in total. The number of hydrogen-bond acceptors (Lipinski definition) is 5. The second-order valence-electron chi connectivity index (χ2n) is 3.43. The van der Waals surface area contributed by atoms with E-state index in [1.807, 2.05) is 0 Å². The summed E-state index contributed by atoms with van der Waals surface area (Å²) in [6, 6.07) is 6.62. The fraction of sp³-hybridized carbons (Fsp3) is 0.0909. The van der Waals surface area contributed by atoms with Crippen LogP contribution in [0.5, 0.6) is 0 Å². The Morgan fingerprint density at radius 1 is 1.44 bits per heavy atom. The molecule has 0 fully saturated rings. The molecule has 0 aromatic carbocycles. The highest BCUT2D eigenvalue weighted by atomic mass is 35.5. The van der Waals surface area contributed by atoms with Gasteiger partial charge >= 0.3 is 0 Å². The molecule has 0 radical (unpaired) electrons. The van der Waals surface area contributed by atoms with E-state index in [2.05, 4.69) is 15.7 Å². The molecule has 0 saturated heterocycles. The third-order valence-electron chi connectivity index (χ3n) is 2.21. The highest BCUT2D eigenvalue weighted by molar-refractivity contribution is 6.33. The van der Waals surface area contributed by atoms with Crippen LogP contribution < -0.4 is 16.6 Å². The van der Waals surface area contributed by atoms with Gasteiger partial charge in [0.25, 0.3) is 5.91 Å². The second kappa shape index (κ2) is 5.52. The van der Waals surface area contributed by atoms with Gasteiger partial charge in [-0.25, -0.2) is 10.8 Å². The molecule has 2 aromatic rings. The lowest BCUT2D eigenvalue weighted by atomic mass is 10.3. The smallest absolute Gasteiger partial charge is 0.271 e. The minimum atomic E-state index is -0.395. The Bertz CT molecular complexity index is 542. The second-order valence-corrected chi connectivity index (χ2v) is 3.84. The van der Waals surface area contributed by atoms with Crippen LogP contribution in [-0.4, -0.2) is 10.9 Å². The Morgan fingerprint density at radius 2 is 2.28 bits per heavy atom. The number of nitrogens with two attached hydrogens (primary N) is 1. The van der Waals surface area contributed by atoms with Crippen LogP contribution in [-0.2, 0) is 6.54 Å². The molecule has 0 bridgehead atoms. The van der Waals surface area contributed by atoms with Gasteiger partial charge in [0.2, 0.25) is 0 Å². The molecule has 6 nitrogen and oxygen atoms in total. The van der Waals surface area contributed by atoms with E-state index in [9.17, 15) is 4.79 Å². The van der Waals surface area contributed by atoms with Gasteiger partial charge < -0.3 is 15.2 Å². The van der Waals surface area contributed by atoms with Crippen LogP contribution >= 0.6 is 11.6 Å². The Kier molecular flexibility index (Phi) is 3.81. The molecular formula is C11H11ClN4O2. The summed E-state index contributed by atoms with van der Waals surface area (Å²) in [5, 5.41) is 2.90. The number of nitrogen functional groups attached to an aromatic ring is 1. The largest absolute Gasteiger partial charge is 0.467 e. The fourth-order valence-electron chi connectivity index (χ4n) is 1.35. The van der Waals surface area contributed by atoms with Crippen LogP contribution in [0.3, 0.4) is 0 Å². The number of furan rings is 1. The molecule has 18 heavy (non-hydrogen) atoms. The standard InChI is InChI=1S/C11H11ClN4O2/c12-8-3-4-9(16-13)15-10(8)11(17)14-6-7-2-1-5-18-7/h1-5H,6,13H2,(H,14,17)(H,15,16). The van der Waals surface area contributed by atoms with E-state index in [-0.39, 0.29) is 17.3 Å². The van der Waals surface area contributed by atoms with Crippen LogP contribution in [0.1, 0.15) is 16.2 Å². The van der Waals surface area contributed by atoms with Crippen molar-refractivity contribution in [3.8, 4) is 0 Å². The van der Waals surface area contributed by atoms with Crippen LogP contribution in [0, 0.1) is 0 Å². The van der Waals surface area contributed by atoms with Gasteiger partial charge in [0.05, 0.1) is 17.8 Å². The number of pyridine rings is 1. The number of carbonyl (C=O) groups excluding carboxylic acids is 1. The monoisotopic (exact) mass is 266 g/mol. The summed E-state index contributed by atoms with van der Waals surface area (Å²) in [6.45, 7) is 0.268. The molecule has 0 atom stereocenters. The Balaban J connectivity index is 2.08. The number of rotatable bonds is 4. The topological polar surface area (TPSA) is 93.2 Å². The molecule has 2 heterocycles. The number of nitrogens with one attached hydrogen (secondary N) is 2. The molecule has 1 amide bonds. The zero-order chi connectivity index (χ0) is 13.0. The van der Waals surface area contributed by atoms with Crippen molar-refractivity contribution in [3.05, 3.63) is 47.0 Å². The maximum atomic E-state index is 11.9. The van der Waals surface area contributed by atoms with E-state index in [4.69, 9.17) is 21.9 Å². The lowest BCUT2D eigenvalue weighted by Gasteiger charge is -2.06. The summed E-state index contributed by atoms with van der Waals surface area (Å²) in [5.74, 6) is 5.83. The first-order valence-electron chi connectivity index (χ1n) is 5.14. The van der Waals surface area contributed by atoms with Crippen molar-refractivity contribution in [2.45, 2.75) is 6.54 Å². The van der Waals surface area contributed by atoms with Crippen molar-refractivity contribution in [2.24, 2.45) is 5.84 Å². The van der Waals surface area contributed by atoms with E-state index in [0.29, 0.717) is 11.6 Å². The highest BCUT2D eigenvalue weighted by Crippen LogP contribution is 2.16. The van der Waals surface area contributed by atoms with Gasteiger partial charge in [-0.3, -0.25) is 4.79 Å². The Morgan fingerprint density at radius 3 is 2.94 bits per heavy atom. The summed E-state index contributed by atoms with van der Waals surface area (Å²) in [4.78, 5) is 15.8. The number of carbonyl (C=O) groups is 1. The molecule has 94 valence electrons. The number of hydrogen-bond donors (Lipinski definition) is 3. The number of anilines is 1. The molecular weight excluding hydrogens is 256 g/mol. The van der Waals surface area contributed by atoms with Crippen LogP contribution in [0.15, 0.2) is 34.9 Å². The molecule has 7 heteroatoms. The zero-order valence-corrected chi connectivity index (χ0v) is 10.1. The molecule has 2 aromatic heterocycles. The Hall–Kier alpha value is -2.05. The lowest BCUT2D eigenvalue weighted by Crippen LogP contribution is -2.24. The first-order valence-corrected chi connectivity index (χ1v) is 5.52. The van der Waals surface area contributed by atoms with Crippen molar-refractivity contribution in [1.82, 2.24) is 10.3 Å². The predicted octanol–water partition coefficient (Wildman–Crippen LogP) is 1.54. The molecule has 0 saturated carbocycles. The number of nitrogens with zero attached hydrogens (tertiary/aromatic N) is 1. The van der Waals surface area contributed by atoms with Crippen molar-refractivity contribution in [3.63, 3.8) is 0 Å². The summed E-state index contributed by atoms with van der Waals surface area (Å²) in [7, 11) is 0. The maximum Gasteiger partial charge on any atom is 0.271 e. The molecule has 0 aliphatic rings. The minimum absolute atomic E-state index is 0.110. The van der Waals surface area contributed by atoms with Crippen molar-refractivity contribution in [1.29, 1.82) is 0 Å². The van der Waals surface area contributed by atoms with E-state index in [0.717, 1.165) is 0 Å². The van der Waals surface area contributed by atoms with Crippen molar-refractivity contribution in [2.75, 3.05) is 5.43 Å². The van der Waals surface area contributed by atoms with Gasteiger partial charge in [-0.05, 0) is 24.3 Å². The van der Waals surface area contributed by atoms with Crippen LogP contribution in [0.25, 0.3) is 0 Å². The van der Waals surface area contributed by atoms with Gasteiger partial charge in [-0.2, -0.15) is 0 Å². The molecule has 0 unspecified atom stereocenters. The van der Waals surface area contributed by atoms with Gasteiger partial charge in [0.1, 0.15) is 17.3 Å². The maximum absolute atomic E-state index is 11.9. The summed E-state index contributed by atoms with van der Waals surface area (Å²) < 4.78 is 5.09. The molecule has 0 aliphatic heterocycles. The number of hydrazine groups is 1. The Labute approximate surface area is 108 Å². The van der Waals surface area contributed by atoms with Crippen molar-refractivity contribution >= 4 is 23.3 Å². The third-order valence-corrected chi connectivity index (χ3v) is 2.52. The molecule has 0 aliphatic carbocycles. The van der Waals surface area contributed by atoms with E-state index < -0.39 is 5.91 Å². The zero-order valence-electron chi connectivity index (χ0n) is 9.31. The number of halogens is 1. The lowest BCUT2D eigenvalue weighted by molar-refractivity contribution is 0.0943. The fourth-order valence-corrected chi connectivity index (χ4v) is 1.54. The molecule has 0 spiro atoms. The normalized spacial score (nSPS) is 10.1. The SMILES string of the molecule is NNc1ccc(Cl)c(C(=O)NCc2ccco2)n1. The van der Waals surface area contributed by atoms with Gasteiger partial charge in [-0.15, -0.1) is 0 Å². The van der Waals surface area contributed by atoms with E-state index in [1.165, 1.54) is 6.26 Å². The van der Waals surface area contributed by atoms with Crippen molar-refractivity contribution < 1.29 is 9.21 Å².